The van der Waals surface area contributed by atoms with Crippen molar-refractivity contribution in [3.8, 4) is 0 Å². The van der Waals surface area contributed by atoms with Gasteiger partial charge in [0.25, 0.3) is 0 Å². The maximum atomic E-state index is 13.8. The van der Waals surface area contributed by atoms with Crippen LogP contribution in [0.3, 0.4) is 0 Å². The molecule has 0 aliphatic carbocycles. The Kier molecular flexibility index (Phi) is 19.7. The van der Waals surface area contributed by atoms with E-state index >= 15 is 0 Å². The van der Waals surface area contributed by atoms with Crippen LogP contribution in [0.15, 0.2) is 103 Å². The molecule has 1 aliphatic heterocycles. The molecule has 3 aromatic carbocycles. The fraction of sp³-hybridized carbons (Fsp3) is 0.432. The Bertz CT molecular complexity index is 1910. The van der Waals surface area contributed by atoms with Gasteiger partial charge in [0.05, 0.1) is 0 Å². The van der Waals surface area contributed by atoms with Crippen molar-refractivity contribution in [1.82, 2.24) is 9.80 Å². The first-order valence-corrected chi connectivity index (χ1v) is 23.0. The predicted octanol–water partition coefficient (Wildman–Crippen LogP) is 14.2. The summed E-state index contributed by atoms with van der Waals surface area (Å²) in [6, 6.07) is 32.3. The fourth-order valence-electron chi connectivity index (χ4n) is 5.26. The van der Waals surface area contributed by atoms with E-state index in [0.29, 0.717) is 0 Å². The Hall–Kier alpha value is -3.15. The molecule has 0 fully saturated rings. The van der Waals surface area contributed by atoms with Crippen molar-refractivity contribution in [3.05, 3.63) is 110 Å². The van der Waals surface area contributed by atoms with Crippen LogP contribution in [-0.4, -0.2) is 94.5 Å². The molecule has 0 amide bonds. The summed E-state index contributed by atoms with van der Waals surface area (Å²) in [6.45, 7) is -2.60. The van der Waals surface area contributed by atoms with Crippen molar-refractivity contribution in [3.63, 3.8) is 0 Å². The topological polar surface area (TPSA) is 6.48 Å². The van der Waals surface area contributed by atoms with Crippen LogP contribution in [0, 0.1) is 6.67 Å². The van der Waals surface area contributed by atoms with Gasteiger partial charge in [-0.25, -0.2) is 0 Å². The second-order valence-electron chi connectivity index (χ2n) is 13.7. The van der Waals surface area contributed by atoms with Gasteiger partial charge < -0.3 is 9.80 Å². The number of hydrogen-bond acceptors (Lipinski definition) is 2. The molecule has 1 aliphatic rings. The van der Waals surface area contributed by atoms with E-state index in [0.717, 1.165) is 0 Å². The average molecular weight is 1200 g/mol. The standard InChI is InChI=1S/C19H10F26N2.C18H15P.2ClH.Pd/c20-8(21,10(24,25)12(28,29)14(32,33)16(36,37)18(40,41)42)1-3-46-5-6-47(7-46)4-2-9(22,23)11(26,27)13(30,31)15(34,35)17(38,39)19(43,44)45;1-4-10-16(11-5-1)19(17-12-6-2-7-13-17)18-14-8-3-9-15-18;;;/h5-6H,1-4H2;1-15H;2*1H;/q;;;;+2/p-2. The molecule has 0 aromatic heterocycles. The van der Waals surface area contributed by atoms with Gasteiger partial charge in [0, 0.05) is 38.3 Å². The summed E-state index contributed by atoms with van der Waals surface area (Å²) in [5.74, 6) is -77.6. The van der Waals surface area contributed by atoms with E-state index in [-0.39, 0.29) is 38.1 Å². The van der Waals surface area contributed by atoms with Gasteiger partial charge in [-0.2, -0.15) is 114 Å². The van der Waals surface area contributed by atoms with Gasteiger partial charge in [-0.05, 0) is 23.8 Å². The molecule has 0 saturated heterocycles. The van der Waals surface area contributed by atoms with Gasteiger partial charge in [0.2, 0.25) is 6.67 Å². The summed E-state index contributed by atoms with van der Waals surface area (Å²) < 4.78 is 341. The number of rotatable bonds is 17. The summed E-state index contributed by atoms with van der Waals surface area (Å²) in [7, 11) is 9.18. The molecule has 0 saturated carbocycles. The minimum absolute atomic E-state index is 0.106. The average Bonchev–Trinajstić information content (AvgIpc) is 3.71. The molecule has 32 heteroatoms. The van der Waals surface area contributed by atoms with E-state index in [1.807, 2.05) is 0 Å². The van der Waals surface area contributed by atoms with Crippen LogP contribution in [-0.2, 0) is 15.9 Å². The van der Waals surface area contributed by atoms with Crippen LogP contribution in [0.5, 0.6) is 0 Å². The van der Waals surface area contributed by atoms with Crippen molar-refractivity contribution in [2.24, 2.45) is 0 Å². The molecule has 0 unspecified atom stereocenters. The predicted molar refractivity (Wildman–Crippen MR) is 193 cm³/mol. The van der Waals surface area contributed by atoms with E-state index in [1.165, 1.54) is 22.6 Å². The molecule has 1 heterocycles. The van der Waals surface area contributed by atoms with Gasteiger partial charge in [-0.15, -0.1) is 0 Å². The molecule has 69 heavy (non-hydrogen) atoms. The molecule has 394 valence electrons. The zero-order valence-electron chi connectivity index (χ0n) is 32.9. The Morgan fingerprint density at radius 3 is 0.797 bits per heavy atom. The maximum Gasteiger partial charge on any atom is -0.0134 e. The van der Waals surface area contributed by atoms with Gasteiger partial charge in [-0.1, -0.05) is 91.0 Å². The van der Waals surface area contributed by atoms with Crippen LogP contribution in [0.4, 0.5) is 114 Å². The number of halogens is 28. The number of nitrogens with zero attached hydrogens (tertiary/aromatic N) is 2. The van der Waals surface area contributed by atoms with Gasteiger partial charge in [0.15, 0.2) is 0 Å². The van der Waals surface area contributed by atoms with E-state index in [1.54, 1.807) is 0 Å². The monoisotopic (exact) mass is 1200 g/mol. The Balaban J connectivity index is 0.000000604. The van der Waals surface area contributed by atoms with Gasteiger partial charge in [-0.3, -0.25) is 0 Å². The van der Waals surface area contributed by atoms with Crippen molar-refractivity contribution in [2.45, 2.75) is 84.4 Å². The Morgan fingerprint density at radius 2 is 0.580 bits per heavy atom. The van der Waals surface area contributed by atoms with Gasteiger partial charge in [0.1, 0.15) is 0 Å². The third kappa shape index (κ3) is 12.4. The minimum atomic E-state index is -8.23. The Morgan fingerprint density at radius 1 is 0.362 bits per heavy atom. The first-order valence-electron chi connectivity index (χ1n) is 17.7. The first-order chi connectivity index (χ1) is 31.0. The first kappa shape index (κ1) is 62.0. The second-order valence-corrected chi connectivity index (χ2v) is 18.3. The molecular formula is C37H25Cl2F26N2PPd. The molecule has 0 bridgehead atoms. The number of alkyl halides is 26. The zero-order valence-corrected chi connectivity index (χ0v) is 36.8. The van der Waals surface area contributed by atoms with E-state index in [9.17, 15) is 114 Å². The molecule has 4 rings (SSSR count). The number of benzene rings is 3. The second kappa shape index (κ2) is 21.9. The van der Waals surface area contributed by atoms with Crippen molar-refractivity contribution >= 4 is 42.9 Å². The van der Waals surface area contributed by atoms with Gasteiger partial charge >= 0.3 is 107 Å². The summed E-state index contributed by atoms with van der Waals surface area (Å²) in [5.41, 5.74) is 0. The van der Waals surface area contributed by atoms with E-state index in [2.05, 4.69) is 91.0 Å². The minimum Gasteiger partial charge on any atom is -0.0622 e. The fourth-order valence-corrected chi connectivity index (χ4v) is 7.57. The van der Waals surface area contributed by atoms with Crippen LogP contribution in [0.2, 0.25) is 0 Å². The molecule has 0 N–H and O–H groups in total. The quantitative estimate of drug-likeness (QED) is 0.0755. The third-order valence-electron chi connectivity index (χ3n) is 9.06. The third-order valence-corrected chi connectivity index (χ3v) is 11.5. The molecule has 2 nitrogen and oxygen atoms in total. The maximum absolute atomic E-state index is 13.8. The van der Waals surface area contributed by atoms with E-state index in [4.69, 9.17) is 19.1 Å². The summed E-state index contributed by atoms with van der Waals surface area (Å²) >= 11 is -0.106. The smallest absolute Gasteiger partial charge is 0.0134 e. The van der Waals surface area contributed by atoms with Crippen LogP contribution >= 0.6 is 27.0 Å². The molecule has 3 aromatic rings. The van der Waals surface area contributed by atoms with Crippen molar-refractivity contribution in [1.29, 1.82) is 0 Å². The largest absolute Gasteiger partial charge is 0.0622 e. The summed E-state index contributed by atoms with van der Waals surface area (Å²) in [6.07, 6.45) is -20.9. The molecule has 2 radical (unpaired) electrons. The van der Waals surface area contributed by atoms with Crippen LogP contribution in [0.1, 0.15) is 12.8 Å². The van der Waals surface area contributed by atoms with Crippen LogP contribution in [0.25, 0.3) is 0 Å². The zero-order chi connectivity index (χ0) is 53.7. The Labute approximate surface area is 389 Å². The van der Waals surface area contributed by atoms with Crippen molar-refractivity contribution in [2.75, 3.05) is 13.1 Å². The SMILES string of the molecule is FC(F)(F)C(F)(F)C(F)(F)C(F)(F)C(F)(F)C(F)(F)CCN1[C]N(CCC(F)(F)C(F)(F)C(F)(F)C(F)(F)C(F)(F)C(F)(F)F)C=C1.[Cl][Pd][Cl].c1ccc(P(c2ccccc2)c2ccccc2)cc1. The molecule has 0 spiro atoms. The normalized spacial score (nSPS) is 15.3. The van der Waals surface area contributed by atoms with Crippen LogP contribution < -0.4 is 15.9 Å². The molecular weight excluding hydrogens is 1170 g/mol. The summed E-state index contributed by atoms with van der Waals surface area (Å²) in [4.78, 5) is -0.374. The van der Waals surface area contributed by atoms with E-state index < -0.39 is 105 Å². The summed E-state index contributed by atoms with van der Waals surface area (Å²) in [5, 5.41) is 4.19. The van der Waals surface area contributed by atoms with Crippen molar-refractivity contribution < 1.29 is 130 Å². The molecule has 0 atom stereocenters. The number of hydrogen-bond donors (Lipinski definition) is 0.